The Morgan fingerprint density at radius 2 is 2.05 bits per heavy atom. The molecular weight excluding hydrogens is 256 g/mol. The van der Waals surface area contributed by atoms with Crippen molar-refractivity contribution in [3.63, 3.8) is 0 Å². The van der Waals surface area contributed by atoms with E-state index in [2.05, 4.69) is 0 Å². The summed E-state index contributed by atoms with van der Waals surface area (Å²) in [5.74, 6) is -0.0000417. The molecule has 0 bridgehead atoms. The number of hydrogen-bond acceptors (Lipinski definition) is 4. The van der Waals surface area contributed by atoms with Gasteiger partial charge in [-0.25, -0.2) is 0 Å². The molecule has 0 radical (unpaired) electrons. The van der Waals surface area contributed by atoms with Gasteiger partial charge in [0.25, 0.3) is 0 Å². The molecule has 2 unspecified atom stereocenters. The molecule has 0 saturated heterocycles. The molecule has 0 aliphatic heterocycles. The first kappa shape index (κ1) is 14.2. The molecule has 0 spiro atoms. The zero-order valence-corrected chi connectivity index (χ0v) is 11.1. The lowest BCUT2D eigenvalue weighted by molar-refractivity contribution is -0.0135. The Morgan fingerprint density at radius 1 is 1.35 bits per heavy atom. The van der Waals surface area contributed by atoms with Crippen LogP contribution in [0, 0.1) is 0 Å². The number of carbonyl (C=O) groups is 1. The molecule has 1 aromatic carbocycles. The van der Waals surface area contributed by atoms with Crippen LogP contribution in [-0.2, 0) is 4.74 Å². The number of aliphatic hydroxyl groups excluding tert-OH is 1. The zero-order chi connectivity index (χ0) is 14.6. The van der Waals surface area contributed by atoms with Crippen molar-refractivity contribution >= 4 is 5.78 Å². The molecule has 0 fully saturated rings. The molecule has 0 saturated carbocycles. The van der Waals surface area contributed by atoms with Gasteiger partial charge in [0, 0.05) is 5.56 Å². The molecule has 2 atom stereocenters. The second kappa shape index (κ2) is 5.86. The number of methoxy groups -OCH3 is 1. The zero-order valence-electron chi connectivity index (χ0n) is 11.1. The van der Waals surface area contributed by atoms with E-state index in [9.17, 15) is 15.0 Å². The van der Waals surface area contributed by atoms with Crippen molar-refractivity contribution in [2.45, 2.75) is 11.7 Å². The van der Waals surface area contributed by atoms with Gasteiger partial charge in [0.15, 0.2) is 5.78 Å². The fourth-order valence-corrected chi connectivity index (χ4v) is 1.94. The van der Waals surface area contributed by atoms with Crippen LogP contribution in [-0.4, -0.2) is 34.8 Å². The lowest BCUT2D eigenvalue weighted by Gasteiger charge is -2.30. The molecule has 0 amide bonds. The maximum atomic E-state index is 11.9. The largest absolute Gasteiger partial charge is 0.498 e. The van der Waals surface area contributed by atoms with Gasteiger partial charge in [0.1, 0.15) is 17.5 Å². The van der Waals surface area contributed by atoms with E-state index in [1.54, 1.807) is 36.4 Å². The van der Waals surface area contributed by atoms with Gasteiger partial charge in [-0.15, -0.1) is 0 Å². The molecule has 1 aliphatic rings. The lowest BCUT2D eigenvalue weighted by atomic mass is 9.90. The van der Waals surface area contributed by atoms with Crippen LogP contribution in [0.2, 0.25) is 0 Å². The van der Waals surface area contributed by atoms with Crippen molar-refractivity contribution in [1.29, 1.82) is 0 Å². The Hall–Kier alpha value is -2.17. The third-order valence-corrected chi connectivity index (χ3v) is 3.13. The normalized spacial score (nSPS) is 25.6. The Labute approximate surface area is 117 Å². The standard InChI is InChI=1S/C16H16O4/c1-20-14-8-5-10-16(19,15(14)18)11-9-13(17)12-6-3-2-4-7-12/h2-11,15,18-19H,1H3. The summed E-state index contributed by atoms with van der Waals surface area (Å²) in [6, 6.07) is 8.71. The van der Waals surface area contributed by atoms with E-state index in [0.29, 0.717) is 5.56 Å². The van der Waals surface area contributed by atoms with Crippen LogP contribution in [0.1, 0.15) is 10.4 Å². The first-order chi connectivity index (χ1) is 9.57. The van der Waals surface area contributed by atoms with Gasteiger partial charge in [-0.3, -0.25) is 4.79 Å². The number of rotatable bonds is 4. The number of ether oxygens (including phenoxy) is 1. The van der Waals surface area contributed by atoms with Crippen LogP contribution < -0.4 is 0 Å². The maximum absolute atomic E-state index is 11.9. The van der Waals surface area contributed by atoms with E-state index in [1.165, 1.54) is 25.3 Å². The van der Waals surface area contributed by atoms with Crippen molar-refractivity contribution in [2.24, 2.45) is 0 Å². The summed E-state index contributed by atoms with van der Waals surface area (Å²) >= 11 is 0. The number of aliphatic hydroxyl groups is 2. The summed E-state index contributed by atoms with van der Waals surface area (Å²) < 4.78 is 4.97. The minimum Gasteiger partial charge on any atom is -0.498 e. The van der Waals surface area contributed by atoms with E-state index >= 15 is 0 Å². The molecule has 2 rings (SSSR count). The lowest BCUT2D eigenvalue weighted by Crippen LogP contribution is -2.41. The van der Waals surface area contributed by atoms with Crippen LogP contribution in [0.5, 0.6) is 0 Å². The number of carbonyl (C=O) groups excluding carboxylic acids is 1. The van der Waals surface area contributed by atoms with Crippen molar-refractivity contribution in [3.05, 3.63) is 72.0 Å². The van der Waals surface area contributed by atoms with Crippen molar-refractivity contribution < 1.29 is 19.7 Å². The summed E-state index contributed by atoms with van der Waals surface area (Å²) in [5.41, 5.74) is -1.13. The van der Waals surface area contributed by atoms with Gasteiger partial charge >= 0.3 is 0 Å². The fraction of sp³-hybridized carbons (Fsp3) is 0.188. The van der Waals surface area contributed by atoms with Crippen molar-refractivity contribution in [2.75, 3.05) is 7.11 Å². The molecule has 1 aliphatic carbocycles. The highest BCUT2D eigenvalue weighted by Crippen LogP contribution is 2.25. The molecule has 0 heterocycles. The Bertz CT molecular complexity index is 571. The summed E-state index contributed by atoms with van der Waals surface area (Å²) in [7, 11) is 1.41. The highest BCUT2D eigenvalue weighted by Gasteiger charge is 2.35. The molecule has 4 nitrogen and oxygen atoms in total. The van der Waals surface area contributed by atoms with Gasteiger partial charge in [0.2, 0.25) is 0 Å². The van der Waals surface area contributed by atoms with E-state index in [4.69, 9.17) is 4.74 Å². The van der Waals surface area contributed by atoms with E-state index in [1.807, 2.05) is 6.07 Å². The molecule has 0 aromatic heterocycles. The van der Waals surface area contributed by atoms with Crippen molar-refractivity contribution in [1.82, 2.24) is 0 Å². The van der Waals surface area contributed by atoms with E-state index in [0.717, 1.165) is 0 Å². The van der Waals surface area contributed by atoms with Gasteiger partial charge < -0.3 is 14.9 Å². The summed E-state index contributed by atoms with van der Waals surface area (Å²) in [6.07, 6.45) is 5.83. The van der Waals surface area contributed by atoms with E-state index < -0.39 is 11.7 Å². The average Bonchev–Trinajstić information content (AvgIpc) is 2.49. The summed E-state index contributed by atoms with van der Waals surface area (Å²) in [5, 5.41) is 20.4. The van der Waals surface area contributed by atoms with Crippen LogP contribution >= 0.6 is 0 Å². The molecular formula is C16H16O4. The Morgan fingerprint density at radius 3 is 2.70 bits per heavy atom. The molecule has 104 valence electrons. The van der Waals surface area contributed by atoms with Gasteiger partial charge in [-0.1, -0.05) is 36.4 Å². The smallest absolute Gasteiger partial charge is 0.185 e. The average molecular weight is 272 g/mol. The number of allylic oxidation sites excluding steroid dienone is 3. The number of ketones is 1. The molecule has 20 heavy (non-hydrogen) atoms. The first-order valence-electron chi connectivity index (χ1n) is 6.19. The van der Waals surface area contributed by atoms with Crippen LogP contribution in [0.25, 0.3) is 0 Å². The SMILES string of the molecule is COC1=CC=CC(O)(C=CC(=O)c2ccccc2)C1O. The van der Waals surface area contributed by atoms with Gasteiger partial charge in [-0.05, 0) is 24.3 Å². The second-order valence-electron chi connectivity index (χ2n) is 4.49. The summed E-state index contributed by atoms with van der Waals surface area (Å²) in [6.45, 7) is 0. The monoisotopic (exact) mass is 272 g/mol. The van der Waals surface area contributed by atoms with Crippen LogP contribution in [0.15, 0.2) is 66.5 Å². The minimum atomic E-state index is -1.65. The van der Waals surface area contributed by atoms with Gasteiger partial charge in [-0.2, -0.15) is 0 Å². The van der Waals surface area contributed by atoms with Gasteiger partial charge in [0.05, 0.1) is 7.11 Å². The summed E-state index contributed by atoms with van der Waals surface area (Å²) in [4.78, 5) is 11.9. The Balaban J connectivity index is 2.17. The van der Waals surface area contributed by atoms with Crippen LogP contribution in [0.3, 0.4) is 0 Å². The third-order valence-electron chi connectivity index (χ3n) is 3.13. The topological polar surface area (TPSA) is 66.8 Å². The maximum Gasteiger partial charge on any atom is 0.185 e. The quantitative estimate of drug-likeness (QED) is 0.645. The predicted octanol–water partition coefficient (Wildman–Crippen LogP) is 1.62. The predicted molar refractivity (Wildman–Crippen MR) is 75.1 cm³/mol. The Kier molecular flexibility index (Phi) is 4.17. The first-order valence-corrected chi connectivity index (χ1v) is 6.19. The molecule has 1 aromatic rings. The highest BCUT2D eigenvalue weighted by atomic mass is 16.5. The number of hydrogen-bond donors (Lipinski definition) is 2. The third kappa shape index (κ3) is 2.87. The second-order valence-corrected chi connectivity index (χ2v) is 4.49. The highest BCUT2D eigenvalue weighted by molar-refractivity contribution is 6.04. The van der Waals surface area contributed by atoms with Crippen LogP contribution in [0.4, 0.5) is 0 Å². The number of benzene rings is 1. The van der Waals surface area contributed by atoms with E-state index in [-0.39, 0.29) is 11.5 Å². The molecule has 2 N–H and O–H groups in total. The van der Waals surface area contributed by atoms with Crippen molar-refractivity contribution in [3.8, 4) is 0 Å². The fourth-order valence-electron chi connectivity index (χ4n) is 1.94. The minimum absolute atomic E-state index is 0.242. The molecule has 4 heteroatoms.